The van der Waals surface area contributed by atoms with Gasteiger partial charge in [-0.2, -0.15) is 0 Å². The molecule has 2 N–H and O–H groups in total. The van der Waals surface area contributed by atoms with Crippen LogP contribution in [-0.4, -0.2) is 19.1 Å². The van der Waals surface area contributed by atoms with Gasteiger partial charge in [0.15, 0.2) is 0 Å². The molecule has 0 saturated heterocycles. The van der Waals surface area contributed by atoms with Crippen LogP contribution in [0, 0.1) is 11.7 Å². The van der Waals surface area contributed by atoms with Crippen molar-refractivity contribution in [1.82, 2.24) is 5.32 Å². The summed E-state index contributed by atoms with van der Waals surface area (Å²) in [6.45, 7) is 0. The van der Waals surface area contributed by atoms with E-state index >= 15 is 0 Å². The monoisotopic (exact) mass is 370 g/mol. The Bertz CT molecular complexity index is 801. The van der Waals surface area contributed by atoms with Gasteiger partial charge in [-0.25, -0.2) is 9.18 Å². The number of amides is 2. The van der Waals surface area contributed by atoms with E-state index in [-0.39, 0.29) is 17.8 Å². The van der Waals surface area contributed by atoms with Crippen LogP contribution in [-0.2, 0) is 4.74 Å². The lowest BCUT2D eigenvalue weighted by Crippen LogP contribution is -2.32. The molecule has 5 nitrogen and oxygen atoms in total. The predicted octanol–water partition coefficient (Wildman–Crippen LogP) is 4.67. The zero-order valence-corrected chi connectivity index (χ0v) is 15.2. The van der Waals surface area contributed by atoms with Crippen LogP contribution in [0.15, 0.2) is 48.5 Å². The zero-order valence-electron chi connectivity index (χ0n) is 15.2. The third-order valence-corrected chi connectivity index (χ3v) is 4.94. The maximum Gasteiger partial charge on any atom is 0.411 e. The fourth-order valence-electron chi connectivity index (χ4n) is 3.57. The Labute approximate surface area is 157 Å². The van der Waals surface area contributed by atoms with Crippen molar-refractivity contribution in [3.63, 3.8) is 0 Å². The summed E-state index contributed by atoms with van der Waals surface area (Å²) in [4.78, 5) is 24.2. The van der Waals surface area contributed by atoms with E-state index in [4.69, 9.17) is 0 Å². The van der Waals surface area contributed by atoms with Gasteiger partial charge in [0.2, 0.25) is 0 Å². The van der Waals surface area contributed by atoms with E-state index in [1.807, 2.05) is 0 Å². The van der Waals surface area contributed by atoms with Gasteiger partial charge in [-0.1, -0.05) is 31.0 Å². The summed E-state index contributed by atoms with van der Waals surface area (Å²) in [6.07, 6.45) is 3.74. The molecule has 0 spiro atoms. The maximum absolute atomic E-state index is 13.3. The van der Waals surface area contributed by atoms with Gasteiger partial charge in [0, 0.05) is 11.3 Å². The second-order valence-corrected chi connectivity index (χ2v) is 6.74. The molecule has 1 fully saturated rings. The average molecular weight is 370 g/mol. The molecule has 2 aromatic carbocycles. The fourth-order valence-corrected chi connectivity index (χ4v) is 3.57. The largest absolute Gasteiger partial charge is 0.453 e. The van der Waals surface area contributed by atoms with Crippen LogP contribution in [0.4, 0.5) is 14.9 Å². The Morgan fingerprint density at radius 1 is 1.11 bits per heavy atom. The molecule has 27 heavy (non-hydrogen) atoms. The average Bonchev–Trinajstić information content (AvgIpc) is 3.21. The number of hydrogen-bond acceptors (Lipinski definition) is 3. The normalized spacial score (nSPS) is 15.2. The number of carbonyl (C=O) groups excluding carboxylic acids is 2. The predicted molar refractivity (Wildman–Crippen MR) is 101 cm³/mol. The summed E-state index contributed by atoms with van der Waals surface area (Å²) in [5.74, 6) is -0.197. The Balaban J connectivity index is 1.79. The van der Waals surface area contributed by atoms with E-state index in [0.717, 1.165) is 31.2 Å². The van der Waals surface area contributed by atoms with Crippen LogP contribution in [0.25, 0.3) is 0 Å². The summed E-state index contributed by atoms with van der Waals surface area (Å²) < 4.78 is 17.9. The quantitative estimate of drug-likeness (QED) is 0.804. The fraction of sp³-hybridized carbons (Fsp3) is 0.333. The molecule has 2 amide bonds. The minimum Gasteiger partial charge on any atom is -0.453 e. The molecule has 1 atom stereocenters. The molecule has 2 aromatic rings. The highest BCUT2D eigenvalue weighted by molar-refractivity contribution is 5.96. The molecule has 1 unspecified atom stereocenters. The first-order chi connectivity index (χ1) is 13.1. The first kappa shape index (κ1) is 18.9. The number of rotatable bonds is 5. The second kappa shape index (κ2) is 8.66. The summed E-state index contributed by atoms with van der Waals surface area (Å²) in [5, 5.41) is 5.65. The Morgan fingerprint density at radius 3 is 2.48 bits per heavy atom. The van der Waals surface area contributed by atoms with E-state index in [0.29, 0.717) is 17.2 Å². The molecule has 1 saturated carbocycles. The summed E-state index contributed by atoms with van der Waals surface area (Å²) >= 11 is 0. The molecule has 0 aliphatic heterocycles. The number of carbonyl (C=O) groups is 2. The Hall–Kier alpha value is -2.89. The van der Waals surface area contributed by atoms with Crippen LogP contribution in [0.1, 0.15) is 47.6 Å². The van der Waals surface area contributed by atoms with Crippen LogP contribution >= 0.6 is 0 Å². The SMILES string of the molecule is COC(=O)Nc1cccc(C(=O)NC(c2ccc(F)cc2)C2CCCC2)c1. The number of nitrogens with one attached hydrogen (secondary N) is 2. The van der Waals surface area contributed by atoms with Crippen LogP contribution in [0.5, 0.6) is 0 Å². The van der Waals surface area contributed by atoms with Crippen molar-refractivity contribution in [2.24, 2.45) is 5.92 Å². The van der Waals surface area contributed by atoms with Crippen LogP contribution in [0.3, 0.4) is 0 Å². The highest BCUT2D eigenvalue weighted by atomic mass is 19.1. The molecule has 6 heteroatoms. The first-order valence-corrected chi connectivity index (χ1v) is 9.08. The molecule has 142 valence electrons. The van der Waals surface area contributed by atoms with E-state index in [2.05, 4.69) is 15.4 Å². The number of hydrogen-bond donors (Lipinski definition) is 2. The molecular weight excluding hydrogens is 347 g/mol. The third-order valence-electron chi connectivity index (χ3n) is 4.94. The van der Waals surface area contributed by atoms with Crippen molar-refractivity contribution in [3.05, 3.63) is 65.5 Å². The standard InChI is InChI=1S/C21H23FN2O3/c1-27-21(26)23-18-8-4-7-16(13-18)20(25)24-19(14-5-2-3-6-14)15-9-11-17(22)12-10-15/h4,7-14,19H,2-3,5-6H2,1H3,(H,23,26)(H,24,25). The highest BCUT2D eigenvalue weighted by Crippen LogP contribution is 2.36. The zero-order chi connectivity index (χ0) is 19.2. The number of halogens is 1. The van der Waals surface area contributed by atoms with Gasteiger partial charge in [-0.15, -0.1) is 0 Å². The molecule has 1 aliphatic rings. The Morgan fingerprint density at radius 2 is 1.81 bits per heavy atom. The van der Waals surface area contributed by atoms with Crippen molar-refractivity contribution in [3.8, 4) is 0 Å². The highest BCUT2D eigenvalue weighted by Gasteiger charge is 2.28. The number of methoxy groups -OCH3 is 1. The van der Waals surface area contributed by atoms with Crippen LogP contribution < -0.4 is 10.6 Å². The van der Waals surface area contributed by atoms with Gasteiger partial charge in [0.25, 0.3) is 5.91 Å². The minimum absolute atomic E-state index is 0.169. The molecule has 1 aliphatic carbocycles. The van der Waals surface area contributed by atoms with Gasteiger partial charge >= 0.3 is 6.09 Å². The lowest BCUT2D eigenvalue weighted by molar-refractivity contribution is 0.0921. The molecule has 3 rings (SSSR count). The number of anilines is 1. The maximum atomic E-state index is 13.3. The van der Waals surface area contributed by atoms with E-state index < -0.39 is 6.09 Å². The van der Waals surface area contributed by atoms with Gasteiger partial charge in [-0.05, 0) is 54.7 Å². The van der Waals surface area contributed by atoms with Crippen molar-refractivity contribution in [2.75, 3.05) is 12.4 Å². The van der Waals surface area contributed by atoms with Crippen molar-refractivity contribution >= 4 is 17.7 Å². The molecule has 0 bridgehead atoms. The topological polar surface area (TPSA) is 67.4 Å². The molecule has 0 aromatic heterocycles. The lowest BCUT2D eigenvalue weighted by Gasteiger charge is -2.25. The van der Waals surface area contributed by atoms with Crippen molar-refractivity contribution in [1.29, 1.82) is 0 Å². The summed E-state index contributed by atoms with van der Waals surface area (Å²) in [6, 6.07) is 12.8. The third kappa shape index (κ3) is 4.84. The lowest BCUT2D eigenvalue weighted by atomic mass is 9.91. The first-order valence-electron chi connectivity index (χ1n) is 9.08. The molecule has 0 heterocycles. The van der Waals surface area contributed by atoms with Crippen molar-refractivity contribution < 1.29 is 18.7 Å². The smallest absolute Gasteiger partial charge is 0.411 e. The minimum atomic E-state index is -0.595. The number of benzene rings is 2. The van der Waals surface area contributed by atoms with E-state index in [1.54, 1.807) is 36.4 Å². The van der Waals surface area contributed by atoms with Gasteiger partial charge < -0.3 is 10.1 Å². The van der Waals surface area contributed by atoms with Crippen LogP contribution in [0.2, 0.25) is 0 Å². The van der Waals surface area contributed by atoms with E-state index in [1.165, 1.54) is 19.2 Å². The molecule has 0 radical (unpaired) electrons. The summed E-state index contributed by atoms with van der Waals surface area (Å²) in [5.41, 5.74) is 1.82. The van der Waals surface area contributed by atoms with E-state index in [9.17, 15) is 14.0 Å². The second-order valence-electron chi connectivity index (χ2n) is 6.74. The Kier molecular flexibility index (Phi) is 6.06. The number of ether oxygens (including phenoxy) is 1. The van der Waals surface area contributed by atoms with Gasteiger partial charge in [0.05, 0.1) is 13.2 Å². The molecular formula is C21H23FN2O3. The van der Waals surface area contributed by atoms with Gasteiger partial charge in [-0.3, -0.25) is 10.1 Å². The van der Waals surface area contributed by atoms with Gasteiger partial charge in [0.1, 0.15) is 5.82 Å². The van der Waals surface area contributed by atoms with Crippen molar-refractivity contribution in [2.45, 2.75) is 31.7 Å². The summed E-state index contributed by atoms with van der Waals surface area (Å²) in [7, 11) is 1.28.